The van der Waals surface area contributed by atoms with Crippen molar-refractivity contribution < 1.29 is 4.42 Å². The number of hydrogen-bond donors (Lipinski definition) is 0. The Kier molecular flexibility index (Phi) is 6.61. The fraction of sp³-hybridized carbons (Fsp3) is 0.0513. The molecule has 0 spiro atoms. The Morgan fingerprint density at radius 1 is 0.476 bits per heavy atom. The van der Waals surface area contributed by atoms with Gasteiger partial charge in [0.25, 0.3) is 0 Å². The summed E-state index contributed by atoms with van der Waals surface area (Å²) in [5.41, 5.74) is 13.0. The normalized spacial score (nSPS) is 11.1. The third-order valence-corrected chi connectivity index (χ3v) is 7.64. The van der Waals surface area contributed by atoms with Gasteiger partial charge in [-0.25, -0.2) is 4.98 Å². The Labute approximate surface area is 246 Å². The highest BCUT2D eigenvalue weighted by atomic mass is 16.3. The maximum absolute atomic E-state index is 6.08. The average Bonchev–Trinajstić information content (AvgIpc) is 3.48. The lowest BCUT2D eigenvalue weighted by Gasteiger charge is -2.26. The lowest BCUT2D eigenvalue weighted by atomic mass is 9.93. The zero-order valence-corrected chi connectivity index (χ0v) is 23.7. The summed E-state index contributed by atoms with van der Waals surface area (Å²) in [6, 6.07) is 51.1. The Morgan fingerprint density at radius 3 is 1.67 bits per heavy atom. The van der Waals surface area contributed by atoms with Crippen LogP contribution >= 0.6 is 0 Å². The topological polar surface area (TPSA) is 29.3 Å². The van der Waals surface area contributed by atoms with Crippen molar-refractivity contribution >= 4 is 28.2 Å². The molecule has 1 heterocycles. The largest absolute Gasteiger partial charge is 0.436 e. The van der Waals surface area contributed by atoms with Crippen LogP contribution in [0.3, 0.4) is 0 Å². The first-order valence-electron chi connectivity index (χ1n) is 14.2. The second-order valence-corrected chi connectivity index (χ2v) is 10.7. The quantitative estimate of drug-likeness (QED) is 0.209. The second kappa shape index (κ2) is 10.9. The molecule has 0 N–H and O–H groups in total. The molecule has 0 saturated carbocycles. The van der Waals surface area contributed by atoms with E-state index in [1.54, 1.807) is 0 Å². The van der Waals surface area contributed by atoms with E-state index < -0.39 is 0 Å². The van der Waals surface area contributed by atoms with Gasteiger partial charge in [0, 0.05) is 22.6 Å². The summed E-state index contributed by atoms with van der Waals surface area (Å²) >= 11 is 0. The van der Waals surface area contributed by atoms with Gasteiger partial charge >= 0.3 is 0 Å². The van der Waals surface area contributed by atoms with Crippen molar-refractivity contribution in [2.75, 3.05) is 4.90 Å². The molecule has 202 valence electrons. The number of oxazole rings is 1. The molecule has 0 aliphatic rings. The smallest absolute Gasteiger partial charge is 0.227 e. The van der Waals surface area contributed by atoms with Crippen LogP contribution in [-0.2, 0) is 0 Å². The second-order valence-electron chi connectivity index (χ2n) is 10.7. The van der Waals surface area contributed by atoms with Crippen LogP contribution in [0.4, 0.5) is 17.1 Å². The number of aromatic nitrogens is 1. The molecule has 0 bridgehead atoms. The predicted molar refractivity (Wildman–Crippen MR) is 174 cm³/mol. The molecular formula is C39H30N2O. The first-order chi connectivity index (χ1) is 20.6. The van der Waals surface area contributed by atoms with Gasteiger partial charge in [-0.15, -0.1) is 0 Å². The van der Waals surface area contributed by atoms with E-state index in [9.17, 15) is 0 Å². The number of fused-ring (bicyclic) bond motifs is 1. The van der Waals surface area contributed by atoms with E-state index in [-0.39, 0.29) is 0 Å². The van der Waals surface area contributed by atoms with Gasteiger partial charge < -0.3 is 9.32 Å². The van der Waals surface area contributed by atoms with E-state index >= 15 is 0 Å². The van der Waals surface area contributed by atoms with E-state index in [1.807, 2.05) is 24.3 Å². The van der Waals surface area contributed by atoms with Crippen molar-refractivity contribution in [3.05, 3.63) is 157 Å². The molecule has 0 aliphatic heterocycles. The third-order valence-electron chi connectivity index (χ3n) is 7.64. The minimum absolute atomic E-state index is 0.629. The maximum atomic E-state index is 6.08. The first-order valence-corrected chi connectivity index (χ1v) is 14.2. The summed E-state index contributed by atoms with van der Waals surface area (Å²) in [5.74, 6) is 0.629. The van der Waals surface area contributed by atoms with Crippen LogP contribution in [-0.4, -0.2) is 4.98 Å². The molecule has 0 radical (unpaired) electrons. The van der Waals surface area contributed by atoms with Crippen molar-refractivity contribution in [2.24, 2.45) is 0 Å². The van der Waals surface area contributed by atoms with Crippen LogP contribution in [0.2, 0.25) is 0 Å². The van der Waals surface area contributed by atoms with Gasteiger partial charge in [-0.2, -0.15) is 0 Å². The molecule has 7 aromatic rings. The van der Waals surface area contributed by atoms with Crippen molar-refractivity contribution in [1.82, 2.24) is 4.98 Å². The van der Waals surface area contributed by atoms with Gasteiger partial charge in [0.15, 0.2) is 5.58 Å². The summed E-state index contributed by atoms with van der Waals surface area (Å²) in [6.07, 6.45) is 0. The van der Waals surface area contributed by atoms with Crippen LogP contribution in [0.15, 0.2) is 150 Å². The van der Waals surface area contributed by atoms with E-state index in [2.05, 4.69) is 140 Å². The highest BCUT2D eigenvalue weighted by Crippen LogP contribution is 2.39. The number of anilines is 3. The molecular weight excluding hydrogens is 512 g/mol. The van der Waals surface area contributed by atoms with Crippen molar-refractivity contribution in [1.29, 1.82) is 0 Å². The molecule has 1 aromatic heterocycles. The lowest BCUT2D eigenvalue weighted by Crippen LogP contribution is -2.10. The monoisotopic (exact) mass is 542 g/mol. The molecule has 7 rings (SSSR count). The average molecular weight is 543 g/mol. The molecule has 3 nitrogen and oxygen atoms in total. The third kappa shape index (κ3) is 4.97. The van der Waals surface area contributed by atoms with Crippen LogP contribution in [0.25, 0.3) is 44.8 Å². The number of aryl methyl sites for hydroxylation is 2. The standard InChI is InChI=1S/C39H30N2O/c1-27-17-21-32(22-18-27)41(33-23-19-28(2)20-24-33)34-12-8-10-30(26-34)36-14-4-3-13-35(36)29-9-7-11-31(25-29)39-40-37-15-5-6-16-38(37)42-39/h3-26H,1-2H3. The Morgan fingerprint density at radius 2 is 1.02 bits per heavy atom. The number of benzene rings is 6. The molecule has 3 heteroatoms. The molecule has 0 fully saturated rings. The minimum atomic E-state index is 0.629. The van der Waals surface area contributed by atoms with Crippen LogP contribution in [0.1, 0.15) is 11.1 Å². The summed E-state index contributed by atoms with van der Waals surface area (Å²) in [6.45, 7) is 4.24. The molecule has 0 unspecified atom stereocenters. The number of nitrogens with zero attached hydrogens (tertiary/aromatic N) is 2. The number of hydrogen-bond acceptors (Lipinski definition) is 3. The fourth-order valence-electron chi connectivity index (χ4n) is 5.45. The minimum Gasteiger partial charge on any atom is -0.436 e. The van der Waals surface area contributed by atoms with Gasteiger partial charge in [-0.3, -0.25) is 0 Å². The molecule has 42 heavy (non-hydrogen) atoms. The molecule has 0 atom stereocenters. The van der Waals surface area contributed by atoms with Gasteiger partial charge in [0.1, 0.15) is 5.52 Å². The molecule has 6 aromatic carbocycles. The summed E-state index contributed by atoms with van der Waals surface area (Å²) < 4.78 is 6.08. The Hall–Kier alpha value is -5.41. The highest BCUT2D eigenvalue weighted by molar-refractivity contribution is 5.88. The summed E-state index contributed by atoms with van der Waals surface area (Å²) in [7, 11) is 0. The van der Waals surface area contributed by atoms with Crippen molar-refractivity contribution in [3.8, 4) is 33.7 Å². The van der Waals surface area contributed by atoms with Crippen LogP contribution < -0.4 is 4.90 Å². The van der Waals surface area contributed by atoms with Gasteiger partial charge in [-0.1, -0.05) is 96.1 Å². The highest BCUT2D eigenvalue weighted by Gasteiger charge is 2.15. The SMILES string of the molecule is Cc1ccc(N(c2ccc(C)cc2)c2cccc(-c3ccccc3-c3cccc(-c4nc5ccccc5o4)c3)c2)cc1. The van der Waals surface area contributed by atoms with Gasteiger partial charge in [-0.05, 0) is 96.8 Å². The molecule has 0 aliphatic carbocycles. The predicted octanol–water partition coefficient (Wildman–Crippen LogP) is 10.9. The number of rotatable bonds is 6. The van der Waals surface area contributed by atoms with E-state index in [1.165, 1.54) is 16.7 Å². The van der Waals surface area contributed by atoms with E-state index in [0.29, 0.717) is 5.89 Å². The number of para-hydroxylation sites is 2. The molecule has 0 saturated heterocycles. The van der Waals surface area contributed by atoms with Crippen molar-refractivity contribution in [3.63, 3.8) is 0 Å². The van der Waals surface area contributed by atoms with Gasteiger partial charge in [0.2, 0.25) is 5.89 Å². The van der Waals surface area contributed by atoms with E-state index in [4.69, 9.17) is 9.40 Å². The lowest BCUT2D eigenvalue weighted by molar-refractivity contribution is 0.620. The summed E-state index contributed by atoms with van der Waals surface area (Å²) in [5, 5.41) is 0. The fourth-order valence-corrected chi connectivity index (χ4v) is 5.45. The molecule has 0 amide bonds. The van der Waals surface area contributed by atoms with Gasteiger partial charge in [0.05, 0.1) is 0 Å². The van der Waals surface area contributed by atoms with Crippen LogP contribution in [0, 0.1) is 13.8 Å². The van der Waals surface area contributed by atoms with Crippen molar-refractivity contribution in [2.45, 2.75) is 13.8 Å². The van der Waals surface area contributed by atoms with E-state index in [0.717, 1.165) is 50.4 Å². The summed E-state index contributed by atoms with van der Waals surface area (Å²) in [4.78, 5) is 7.04. The van der Waals surface area contributed by atoms with Crippen LogP contribution in [0.5, 0.6) is 0 Å². The zero-order chi connectivity index (χ0) is 28.5. The first kappa shape index (κ1) is 25.6. The Bertz CT molecular complexity index is 1920. The maximum Gasteiger partial charge on any atom is 0.227 e. The zero-order valence-electron chi connectivity index (χ0n) is 23.7. The Balaban J connectivity index is 1.31.